The molecule has 7 nitrogen and oxygen atoms in total. The van der Waals surface area contributed by atoms with Crippen molar-refractivity contribution in [2.75, 3.05) is 13.2 Å². The van der Waals surface area contributed by atoms with Gasteiger partial charge in [0, 0.05) is 18.9 Å². The summed E-state index contributed by atoms with van der Waals surface area (Å²) in [5.74, 6) is -1.40. The van der Waals surface area contributed by atoms with E-state index in [1.165, 1.54) is 0 Å². The molecule has 3 N–H and O–H groups in total. The Hall–Kier alpha value is -3.35. The SMILES string of the molecule is CCCC[C@H](NC(=O)CC(C)(C)CNC(=O)OCC1c2ccccc2-c2ccccc21)C(=O)O. The van der Waals surface area contributed by atoms with Gasteiger partial charge in [-0.05, 0) is 34.1 Å². The van der Waals surface area contributed by atoms with Crippen LogP contribution in [0.15, 0.2) is 48.5 Å². The maximum atomic E-state index is 12.4. The first kappa shape index (κ1) is 25.3. The molecule has 1 atom stereocenters. The molecule has 2 amide bonds. The van der Waals surface area contributed by atoms with Crippen LogP contribution in [0.1, 0.15) is 63.5 Å². The molecule has 2 aromatic rings. The van der Waals surface area contributed by atoms with Crippen LogP contribution in [0.4, 0.5) is 4.79 Å². The van der Waals surface area contributed by atoms with E-state index >= 15 is 0 Å². The molecule has 1 aliphatic rings. The fraction of sp³-hybridized carbons (Fsp3) is 0.444. The molecule has 0 aliphatic heterocycles. The first-order chi connectivity index (χ1) is 16.2. The highest BCUT2D eigenvalue weighted by Crippen LogP contribution is 2.44. The van der Waals surface area contributed by atoms with Gasteiger partial charge in [-0.15, -0.1) is 0 Å². The van der Waals surface area contributed by atoms with E-state index in [0.717, 1.165) is 35.1 Å². The lowest BCUT2D eigenvalue weighted by molar-refractivity contribution is -0.142. The summed E-state index contributed by atoms with van der Waals surface area (Å²) in [7, 11) is 0. The molecule has 0 heterocycles. The Bertz CT molecular complexity index is 988. The summed E-state index contributed by atoms with van der Waals surface area (Å²) < 4.78 is 5.55. The Morgan fingerprint density at radius 3 is 2.18 bits per heavy atom. The van der Waals surface area contributed by atoms with Crippen molar-refractivity contribution in [2.24, 2.45) is 5.41 Å². The van der Waals surface area contributed by atoms with E-state index < -0.39 is 23.5 Å². The molecule has 0 spiro atoms. The number of aliphatic carboxylic acids is 1. The number of amides is 2. The standard InChI is InChI=1S/C27H34N2O5/c1-4-5-14-23(25(31)32)29-24(30)15-27(2,3)17-28-26(33)34-16-22-20-12-8-6-10-18(20)19-11-7-9-13-21(19)22/h6-13,22-23H,4-5,14-17H2,1-3H3,(H,28,33)(H,29,30)(H,31,32)/t23-/m0/s1. The largest absolute Gasteiger partial charge is 0.480 e. The van der Waals surface area contributed by atoms with Crippen LogP contribution in [0, 0.1) is 5.41 Å². The molecular weight excluding hydrogens is 432 g/mol. The van der Waals surface area contributed by atoms with Crippen LogP contribution in [-0.4, -0.2) is 42.3 Å². The number of fused-ring (bicyclic) bond motifs is 3. The topological polar surface area (TPSA) is 105 Å². The summed E-state index contributed by atoms with van der Waals surface area (Å²) in [5, 5.41) is 14.7. The van der Waals surface area contributed by atoms with Gasteiger partial charge in [0.05, 0.1) is 0 Å². The van der Waals surface area contributed by atoms with Crippen molar-refractivity contribution in [2.45, 2.75) is 58.4 Å². The summed E-state index contributed by atoms with van der Waals surface area (Å²) in [5.41, 5.74) is 4.05. The van der Waals surface area contributed by atoms with Crippen molar-refractivity contribution in [3.63, 3.8) is 0 Å². The van der Waals surface area contributed by atoms with Gasteiger partial charge in [0.15, 0.2) is 0 Å². The van der Waals surface area contributed by atoms with Gasteiger partial charge in [-0.2, -0.15) is 0 Å². The molecule has 182 valence electrons. The molecule has 2 aromatic carbocycles. The predicted octanol–water partition coefficient (Wildman–Crippen LogP) is 4.70. The normalized spacial score (nSPS) is 13.5. The number of benzene rings is 2. The minimum absolute atomic E-state index is 0.0204. The van der Waals surface area contributed by atoms with Crippen molar-refractivity contribution in [1.29, 1.82) is 0 Å². The van der Waals surface area contributed by atoms with Crippen LogP contribution in [0.3, 0.4) is 0 Å². The van der Waals surface area contributed by atoms with Crippen LogP contribution in [0.25, 0.3) is 11.1 Å². The molecule has 0 saturated carbocycles. The highest BCUT2D eigenvalue weighted by Gasteiger charge is 2.30. The van der Waals surface area contributed by atoms with Crippen molar-refractivity contribution < 1.29 is 24.2 Å². The molecule has 0 radical (unpaired) electrons. The lowest BCUT2D eigenvalue weighted by atomic mass is 9.88. The number of nitrogens with one attached hydrogen (secondary N) is 2. The van der Waals surface area contributed by atoms with Crippen molar-refractivity contribution in [1.82, 2.24) is 10.6 Å². The third-order valence-corrected chi connectivity index (χ3v) is 6.17. The van der Waals surface area contributed by atoms with E-state index in [9.17, 15) is 19.5 Å². The number of carbonyl (C=O) groups is 3. The van der Waals surface area contributed by atoms with Crippen LogP contribution < -0.4 is 10.6 Å². The average Bonchev–Trinajstić information content (AvgIpc) is 3.12. The van der Waals surface area contributed by atoms with Crippen LogP contribution in [0.5, 0.6) is 0 Å². The third kappa shape index (κ3) is 6.37. The summed E-state index contributed by atoms with van der Waals surface area (Å²) >= 11 is 0. The molecule has 0 aromatic heterocycles. The molecule has 0 bridgehead atoms. The molecule has 3 rings (SSSR count). The molecule has 0 unspecified atom stereocenters. The zero-order chi connectivity index (χ0) is 24.7. The lowest BCUT2D eigenvalue weighted by Crippen LogP contribution is -2.44. The van der Waals surface area contributed by atoms with Gasteiger partial charge in [-0.1, -0.05) is 82.1 Å². The van der Waals surface area contributed by atoms with E-state index in [4.69, 9.17) is 4.74 Å². The third-order valence-electron chi connectivity index (χ3n) is 6.17. The monoisotopic (exact) mass is 466 g/mol. The minimum atomic E-state index is -1.03. The fourth-order valence-corrected chi connectivity index (χ4v) is 4.37. The second-order valence-corrected chi connectivity index (χ2v) is 9.62. The second kappa shape index (κ2) is 11.2. The first-order valence-electron chi connectivity index (χ1n) is 11.8. The fourth-order valence-electron chi connectivity index (χ4n) is 4.37. The van der Waals surface area contributed by atoms with E-state index in [0.29, 0.717) is 6.42 Å². The molecular formula is C27H34N2O5. The summed E-state index contributed by atoms with van der Waals surface area (Å²) in [6.07, 6.45) is 1.53. The number of hydrogen-bond donors (Lipinski definition) is 3. The number of unbranched alkanes of at least 4 members (excludes halogenated alkanes) is 1. The maximum absolute atomic E-state index is 12.4. The van der Waals surface area contributed by atoms with Crippen molar-refractivity contribution >= 4 is 18.0 Å². The van der Waals surface area contributed by atoms with Gasteiger partial charge in [0.1, 0.15) is 12.6 Å². The predicted molar refractivity (Wildman–Crippen MR) is 131 cm³/mol. The van der Waals surface area contributed by atoms with Gasteiger partial charge in [-0.3, -0.25) is 4.79 Å². The van der Waals surface area contributed by atoms with Gasteiger partial charge in [0.25, 0.3) is 0 Å². The van der Waals surface area contributed by atoms with Gasteiger partial charge < -0.3 is 20.5 Å². The quantitative estimate of drug-likeness (QED) is 0.445. The number of carboxylic acids is 1. The van der Waals surface area contributed by atoms with Gasteiger partial charge in [-0.25, -0.2) is 9.59 Å². The number of ether oxygens (including phenoxy) is 1. The molecule has 0 saturated heterocycles. The number of rotatable bonds is 11. The van der Waals surface area contributed by atoms with E-state index in [1.54, 1.807) is 0 Å². The van der Waals surface area contributed by atoms with Gasteiger partial charge >= 0.3 is 12.1 Å². The second-order valence-electron chi connectivity index (χ2n) is 9.62. The summed E-state index contributed by atoms with van der Waals surface area (Å²) in [6.45, 7) is 6.11. The zero-order valence-electron chi connectivity index (χ0n) is 20.1. The van der Waals surface area contributed by atoms with Crippen molar-refractivity contribution in [3.8, 4) is 11.1 Å². The van der Waals surface area contributed by atoms with Crippen LogP contribution in [-0.2, 0) is 14.3 Å². The molecule has 7 heteroatoms. The van der Waals surface area contributed by atoms with Crippen LogP contribution >= 0.6 is 0 Å². The van der Waals surface area contributed by atoms with Gasteiger partial charge in [0.2, 0.25) is 5.91 Å². The highest BCUT2D eigenvalue weighted by molar-refractivity contribution is 5.84. The lowest BCUT2D eigenvalue weighted by Gasteiger charge is -2.25. The van der Waals surface area contributed by atoms with Crippen molar-refractivity contribution in [3.05, 3.63) is 59.7 Å². The van der Waals surface area contributed by atoms with E-state index in [1.807, 2.05) is 45.0 Å². The smallest absolute Gasteiger partial charge is 0.407 e. The summed E-state index contributed by atoms with van der Waals surface area (Å²) in [4.78, 5) is 36.2. The number of hydrogen-bond acceptors (Lipinski definition) is 4. The Kier molecular flexibility index (Phi) is 8.31. The molecule has 0 fully saturated rings. The zero-order valence-corrected chi connectivity index (χ0v) is 20.1. The number of alkyl carbamates (subject to hydrolysis) is 1. The Morgan fingerprint density at radius 2 is 1.62 bits per heavy atom. The molecule has 1 aliphatic carbocycles. The summed E-state index contributed by atoms with van der Waals surface area (Å²) in [6, 6.07) is 15.4. The maximum Gasteiger partial charge on any atom is 0.407 e. The Labute approximate surface area is 200 Å². The highest BCUT2D eigenvalue weighted by atomic mass is 16.5. The Balaban J connectivity index is 1.50. The number of carboxylic acid groups (broad SMARTS) is 1. The van der Waals surface area contributed by atoms with Crippen LogP contribution in [0.2, 0.25) is 0 Å². The average molecular weight is 467 g/mol. The number of carbonyl (C=O) groups excluding carboxylic acids is 2. The van der Waals surface area contributed by atoms with E-state index in [-0.39, 0.29) is 31.4 Å². The Morgan fingerprint density at radius 1 is 1.03 bits per heavy atom. The minimum Gasteiger partial charge on any atom is -0.480 e. The molecule has 34 heavy (non-hydrogen) atoms. The first-order valence-corrected chi connectivity index (χ1v) is 11.8. The van der Waals surface area contributed by atoms with E-state index in [2.05, 4.69) is 34.9 Å².